The molecule has 2 N–H and O–H groups in total. The van der Waals surface area contributed by atoms with Gasteiger partial charge in [-0.1, -0.05) is 36.4 Å². The van der Waals surface area contributed by atoms with Gasteiger partial charge < -0.3 is 9.47 Å². The number of hydrogen-bond acceptors (Lipinski definition) is 4. The van der Waals surface area contributed by atoms with Gasteiger partial charge in [-0.05, 0) is 85.6 Å². The highest BCUT2D eigenvalue weighted by Crippen LogP contribution is 2.42. The van der Waals surface area contributed by atoms with Crippen molar-refractivity contribution in [1.29, 1.82) is 0 Å². The molecule has 0 atom stereocenters. The molecule has 0 saturated heterocycles. The summed E-state index contributed by atoms with van der Waals surface area (Å²) in [4.78, 5) is 28.1. The molecule has 5 rings (SSSR count). The maximum absolute atomic E-state index is 14.1. The smallest absolute Gasteiger partial charge is 0.275 e. The molecule has 0 saturated carbocycles. The van der Waals surface area contributed by atoms with E-state index in [1.807, 2.05) is 100 Å². The zero-order valence-electron chi connectivity index (χ0n) is 23.0. The molecule has 3 aromatic carbocycles. The van der Waals surface area contributed by atoms with Gasteiger partial charge in [0.2, 0.25) is 0 Å². The van der Waals surface area contributed by atoms with Crippen LogP contribution >= 0.6 is 15.9 Å². The van der Waals surface area contributed by atoms with Gasteiger partial charge >= 0.3 is 0 Å². The number of nitrogens with one attached hydrogen (secondary N) is 2. The fraction of sp³-hybridized carbons (Fsp3) is 0.226. The van der Waals surface area contributed by atoms with E-state index in [1.165, 1.54) is 9.36 Å². The highest BCUT2D eigenvalue weighted by molar-refractivity contribution is 9.10. The molecule has 0 spiro atoms. The van der Waals surface area contributed by atoms with Crippen LogP contribution in [-0.4, -0.2) is 32.8 Å². The number of aromatic nitrogens is 4. The Balaban J connectivity index is 1.80. The van der Waals surface area contributed by atoms with Gasteiger partial charge in [-0.25, -0.2) is 9.36 Å². The van der Waals surface area contributed by atoms with Crippen molar-refractivity contribution < 1.29 is 9.47 Å². The number of halogens is 1. The van der Waals surface area contributed by atoms with Crippen LogP contribution in [-0.2, 0) is 0 Å². The fourth-order valence-corrected chi connectivity index (χ4v) is 5.60. The van der Waals surface area contributed by atoms with E-state index in [0.717, 1.165) is 0 Å². The maximum atomic E-state index is 14.1. The summed E-state index contributed by atoms with van der Waals surface area (Å²) < 4.78 is 15.4. The normalized spacial score (nSPS) is 11.4. The Labute approximate surface area is 240 Å². The summed E-state index contributed by atoms with van der Waals surface area (Å²) in [5.41, 5.74) is 3.88. The average Bonchev–Trinajstić information content (AvgIpc) is 3.41. The van der Waals surface area contributed by atoms with E-state index in [9.17, 15) is 9.59 Å². The minimum absolute atomic E-state index is 0.0816. The lowest BCUT2D eigenvalue weighted by atomic mass is 9.85. The van der Waals surface area contributed by atoms with E-state index in [0.29, 0.717) is 55.4 Å². The second-order valence-corrected chi connectivity index (χ2v) is 10.7. The van der Waals surface area contributed by atoms with Gasteiger partial charge in [0.05, 0.1) is 40.2 Å². The molecule has 0 unspecified atom stereocenters. The Bertz CT molecular complexity index is 1670. The number of H-pyrrole nitrogens is 2. The number of ether oxygens (including phenoxy) is 2. The molecule has 206 valence electrons. The Morgan fingerprint density at radius 2 is 1.25 bits per heavy atom. The Hall–Kier alpha value is -4.24. The number of hydrogen-bond donors (Lipinski definition) is 2. The molecular weight excluding hydrogens is 572 g/mol. The molecule has 0 aliphatic carbocycles. The largest absolute Gasteiger partial charge is 0.493 e. The highest BCUT2D eigenvalue weighted by Gasteiger charge is 2.32. The van der Waals surface area contributed by atoms with Gasteiger partial charge in [-0.3, -0.25) is 19.8 Å². The van der Waals surface area contributed by atoms with Gasteiger partial charge in [-0.15, -0.1) is 0 Å². The number of methoxy groups -OCH3 is 1. The number of nitrogens with zero attached hydrogens (tertiary/aromatic N) is 2. The molecule has 0 bridgehead atoms. The Morgan fingerprint density at radius 1 is 0.775 bits per heavy atom. The zero-order valence-corrected chi connectivity index (χ0v) is 24.6. The standard InChI is InChI=1S/C31H31BrN4O4/c1-18(2)40-29-24(32)16-21(17-25(29)39-5)28(26-19(3)33-35(30(26)37)22-12-8-6-9-13-22)27-20(4)34-36(31(27)38)23-14-10-7-11-15-23/h6-18,28,33-34H,1-5H3. The second kappa shape index (κ2) is 11.1. The molecule has 0 amide bonds. The first-order chi connectivity index (χ1) is 19.2. The van der Waals surface area contributed by atoms with E-state index in [2.05, 4.69) is 26.1 Å². The summed E-state index contributed by atoms with van der Waals surface area (Å²) >= 11 is 3.65. The molecule has 2 heterocycles. The SMILES string of the molecule is COc1cc(C(c2c(C)[nH]n(-c3ccccc3)c2=O)c2c(C)[nH]n(-c3ccccc3)c2=O)cc(Br)c1OC(C)C. The van der Waals surface area contributed by atoms with Crippen molar-refractivity contribution >= 4 is 15.9 Å². The van der Waals surface area contributed by atoms with E-state index >= 15 is 0 Å². The van der Waals surface area contributed by atoms with Crippen molar-refractivity contribution in [2.24, 2.45) is 0 Å². The molecule has 0 aliphatic heterocycles. The summed E-state index contributed by atoms with van der Waals surface area (Å²) in [5.74, 6) is 0.344. The van der Waals surface area contributed by atoms with Crippen molar-refractivity contribution in [3.8, 4) is 22.9 Å². The van der Waals surface area contributed by atoms with Crippen LogP contribution in [0.2, 0.25) is 0 Å². The fourth-order valence-electron chi connectivity index (χ4n) is 5.05. The van der Waals surface area contributed by atoms with Crippen molar-refractivity contribution in [1.82, 2.24) is 19.6 Å². The first-order valence-corrected chi connectivity index (χ1v) is 13.8. The lowest BCUT2D eigenvalue weighted by Gasteiger charge is -2.20. The number of aromatic amines is 2. The monoisotopic (exact) mass is 602 g/mol. The summed E-state index contributed by atoms with van der Waals surface area (Å²) in [6, 6.07) is 22.5. The van der Waals surface area contributed by atoms with Crippen molar-refractivity contribution in [3.05, 3.63) is 126 Å². The lowest BCUT2D eigenvalue weighted by Crippen LogP contribution is -2.25. The molecule has 2 aromatic heterocycles. The third-order valence-electron chi connectivity index (χ3n) is 6.78. The topological polar surface area (TPSA) is 94.0 Å². The summed E-state index contributed by atoms with van der Waals surface area (Å²) in [6.45, 7) is 7.58. The Morgan fingerprint density at radius 3 is 1.68 bits per heavy atom. The van der Waals surface area contributed by atoms with Gasteiger partial charge in [-0.2, -0.15) is 0 Å². The molecular formula is C31H31BrN4O4. The van der Waals surface area contributed by atoms with Crippen molar-refractivity contribution in [3.63, 3.8) is 0 Å². The van der Waals surface area contributed by atoms with Crippen LogP contribution in [0.4, 0.5) is 0 Å². The second-order valence-electron chi connectivity index (χ2n) is 9.89. The van der Waals surface area contributed by atoms with Gasteiger partial charge in [0.15, 0.2) is 11.5 Å². The highest BCUT2D eigenvalue weighted by atomic mass is 79.9. The van der Waals surface area contributed by atoms with E-state index in [4.69, 9.17) is 9.47 Å². The maximum Gasteiger partial charge on any atom is 0.275 e. The number of para-hydroxylation sites is 2. The van der Waals surface area contributed by atoms with E-state index in [-0.39, 0.29) is 17.2 Å². The van der Waals surface area contributed by atoms with Gasteiger partial charge in [0.1, 0.15) is 0 Å². The average molecular weight is 604 g/mol. The predicted octanol–water partition coefficient (Wildman–Crippen LogP) is 6.00. The van der Waals surface area contributed by atoms with E-state index < -0.39 is 5.92 Å². The first-order valence-electron chi connectivity index (χ1n) is 13.0. The molecule has 9 heteroatoms. The van der Waals surface area contributed by atoms with E-state index in [1.54, 1.807) is 7.11 Å². The minimum Gasteiger partial charge on any atom is -0.493 e. The van der Waals surface area contributed by atoms with Crippen LogP contribution < -0.4 is 20.6 Å². The zero-order chi connectivity index (χ0) is 28.6. The third kappa shape index (κ3) is 4.93. The summed E-state index contributed by atoms with van der Waals surface area (Å²) in [5, 5.41) is 6.45. The molecule has 8 nitrogen and oxygen atoms in total. The molecule has 0 aliphatic rings. The van der Waals surface area contributed by atoms with Crippen LogP contribution in [0.3, 0.4) is 0 Å². The third-order valence-corrected chi connectivity index (χ3v) is 7.37. The van der Waals surface area contributed by atoms with Crippen LogP contribution in [0.5, 0.6) is 11.5 Å². The number of benzene rings is 3. The van der Waals surface area contributed by atoms with Crippen LogP contribution in [0, 0.1) is 13.8 Å². The van der Waals surface area contributed by atoms with Crippen LogP contribution in [0.1, 0.15) is 47.8 Å². The summed E-state index contributed by atoms with van der Waals surface area (Å²) in [7, 11) is 1.57. The van der Waals surface area contributed by atoms with Crippen LogP contribution in [0.15, 0.2) is 86.9 Å². The first kappa shape index (κ1) is 27.3. The minimum atomic E-state index is -0.708. The Kier molecular flexibility index (Phi) is 7.58. The molecule has 5 aromatic rings. The van der Waals surface area contributed by atoms with Gasteiger partial charge in [0.25, 0.3) is 11.1 Å². The van der Waals surface area contributed by atoms with Crippen molar-refractivity contribution in [2.45, 2.75) is 39.7 Å². The predicted molar refractivity (Wildman–Crippen MR) is 160 cm³/mol. The molecule has 0 fully saturated rings. The number of aryl methyl sites for hydroxylation is 2. The van der Waals surface area contributed by atoms with Crippen molar-refractivity contribution in [2.75, 3.05) is 7.11 Å². The van der Waals surface area contributed by atoms with Crippen LogP contribution in [0.25, 0.3) is 11.4 Å². The quantitative estimate of drug-likeness (QED) is 0.228. The van der Waals surface area contributed by atoms with Gasteiger partial charge in [0, 0.05) is 17.3 Å². The lowest BCUT2D eigenvalue weighted by molar-refractivity contribution is 0.228. The number of rotatable bonds is 8. The summed E-state index contributed by atoms with van der Waals surface area (Å²) in [6.07, 6.45) is -0.0816. The molecule has 0 radical (unpaired) electrons. The molecule has 40 heavy (non-hydrogen) atoms.